The van der Waals surface area contributed by atoms with Crippen molar-refractivity contribution in [1.82, 2.24) is 4.98 Å². The Bertz CT molecular complexity index is 1340. The summed E-state index contributed by atoms with van der Waals surface area (Å²) in [7, 11) is 1.62. The van der Waals surface area contributed by atoms with E-state index in [4.69, 9.17) is 9.15 Å². The molecular formula is C26H23BrN2O3. The average molecular weight is 491 g/mol. The number of furan rings is 1. The van der Waals surface area contributed by atoms with Crippen molar-refractivity contribution in [3.8, 4) is 16.9 Å². The van der Waals surface area contributed by atoms with Crippen molar-refractivity contribution in [2.45, 2.75) is 20.8 Å². The number of pyridine rings is 1. The molecule has 0 unspecified atom stereocenters. The van der Waals surface area contributed by atoms with Crippen molar-refractivity contribution in [3.05, 3.63) is 82.2 Å². The Balaban J connectivity index is 1.76. The SMILES string of the molecule is COc1c(/C(C)=C/C(=O)Nc2ccc(C)cn2)cc2c(-c3cccc(Br)c3)coc2c1C. The van der Waals surface area contributed by atoms with Gasteiger partial charge in [0.1, 0.15) is 17.2 Å². The molecule has 4 rings (SSSR count). The zero-order valence-electron chi connectivity index (χ0n) is 18.3. The second-order valence-corrected chi connectivity index (χ2v) is 8.57. The van der Waals surface area contributed by atoms with Crippen LogP contribution in [0.2, 0.25) is 0 Å². The minimum Gasteiger partial charge on any atom is -0.496 e. The number of halogens is 1. The van der Waals surface area contributed by atoms with Crippen molar-refractivity contribution in [2.24, 2.45) is 0 Å². The molecule has 0 bridgehead atoms. The number of nitrogens with one attached hydrogen (secondary N) is 1. The normalized spacial score (nSPS) is 11.6. The molecule has 0 saturated heterocycles. The van der Waals surface area contributed by atoms with Crippen molar-refractivity contribution >= 4 is 44.2 Å². The van der Waals surface area contributed by atoms with E-state index in [0.717, 1.165) is 48.8 Å². The van der Waals surface area contributed by atoms with Crippen LogP contribution in [-0.4, -0.2) is 18.0 Å². The number of fused-ring (bicyclic) bond motifs is 1. The highest BCUT2D eigenvalue weighted by atomic mass is 79.9. The summed E-state index contributed by atoms with van der Waals surface area (Å²) in [5.41, 5.74) is 6.31. The van der Waals surface area contributed by atoms with Gasteiger partial charge < -0.3 is 14.5 Å². The number of hydrogen-bond acceptors (Lipinski definition) is 4. The predicted molar refractivity (Wildman–Crippen MR) is 132 cm³/mol. The minimum atomic E-state index is -0.252. The number of allylic oxidation sites excluding steroid dienone is 1. The molecule has 0 aliphatic rings. The molecule has 2 aromatic heterocycles. The first-order valence-electron chi connectivity index (χ1n) is 10.1. The third-order valence-electron chi connectivity index (χ3n) is 5.32. The quantitative estimate of drug-likeness (QED) is 0.308. The Morgan fingerprint density at radius 3 is 2.69 bits per heavy atom. The summed E-state index contributed by atoms with van der Waals surface area (Å²) < 4.78 is 12.6. The van der Waals surface area contributed by atoms with Crippen molar-refractivity contribution in [1.29, 1.82) is 0 Å². The van der Waals surface area contributed by atoms with E-state index in [2.05, 4.69) is 26.2 Å². The average Bonchev–Trinajstić information content (AvgIpc) is 3.19. The molecule has 1 N–H and O–H groups in total. The number of amides is 1. The van der Waals surface area contributed by atoms with E-state index in [1.54, 1.807) is 31.7 Å². The van der Waals surface area contributed by atoms with Crippen LogP contribution in [0.4, 0.5) is 5.82 Å². The van der Waals surface area contributed by atoms with E-state index in [1.807, 2.05) is 57.2 Å². The lowest BCUT2D eigenvalue weighted by Gasteiger charge is -2.13. The van der Waals surface area contributed by atoms with E-state index in [0.29, 0.717) is 11.6 Å². The minimum absolute atomic E-state index is 0.252. The fourth-order valence-electron chi connectivity index (χ4n) is 3.73. The second-order valence-electron chi connectivity index (χ2n) is 7.66. The van der Waals surface area contributed by atoms with E-state index in [9.17, 15) is 4.79 Å². The molecular weight excluding hydrogens is 468 g/mol. The molecule has 6 heteroatoms. The van der Waals surface area contributed by atoms with Gasteiger partial charge in [-0.05, 0) is 61.7 Å². The number of aromatic nitrogens is 1. The van der Waals surface area contributed by atoms with Gasteiger partial charge in [-0.25, -0.2) is 4.98 Å². The Labute approximate surface area is 195 Å². The van der Waals surface area contributed by atoms with E-state index >= 15 is 0 Å². The highest BCUT2D eigenvalue weighted by molar-refractivity contribution is 9.10. The van der Waals surface area contributed by atoms with E-state index in [-0.39, 0.29) is 5.91 Å². The zero-order chi connectivity index (χ0) is 22.8. The number of hydrogen-bond donors (Lipinski definition) is 1. The van der Waals surface area contributed by atoms with Crippen LogP contribution in [0.5, 0.6) is 5.75 Å². The molecule has 162 valence electrons. The number of ether oxygens (including phenoxy) is 1. The zero-order valence-corrected chi connectivity index (χ0v) is 19.9. The number of aryl methyl sites for hydroxylation is 2. The maximum Gasteiger partial charge on any atom is 0.249 e. The predicted octanol–water partition coefficient (Wildman–Crippen LogP) is 6.92. The van der Waals surface area contributed by atoms with Crippen LogP contribution in [0.25, 0.3) is 27.7 Å². The third kappa shape index (κ3) is 4.32. The van der Waals surface area contributed by atoms with Gasteiger partial charge in [0.25, 0.3) is 0 Å². The van der Waals surface area contributed by atoms with E-state index in [1.165, 1.54) is 0 Å². The van der Waals surface area contributed by atoms with Crippen LogP contribution < -0.4 is 10.1 Å². The lowest BCUT2D eigenvalue weighted by Crippen LogP contribution is -2.10. The molecule has 2 heterocycles. The van der Waals surface area contributed by atoms with E-state index < -0.39 is 0 Å². The van der Waals surface area contributed by atoms with Gasteiger partial charge in [-0.2, -0.15) is 0 Å². The number of anilines is 1. The number of carbonyl (C=O) groups excluding carboxylic acids is 1. The molecule has 4 aromatic rings. The maximum atomic E-state index is 12.6. The summed E-state index contributed by atoms with van der Waals surface area (Å²) in [6.45, 7) is 5.80. The Hall–Kier alpha value is -3.38. The first kappa shape index (κ1) is 21.8. The fraction of sp³-hybridized carbons (Fsp3) is 0.154. The number of benzene rings is 2. The lowest BCUT2D eigenvalue weighted by molar-refractivity contribution is -0.111. The lowest BCUT2D eigenvalue weighted by atomic mass is 9.96. The standard InChI is InChI=1S/C26H23BrN2O3/c1-15-8-9-23(28-13-15)29-24(30)10-16(2)20-12-21-22(18-6-5-7-19(27)11-18)14-32-26(21)17(3)25(20)31-4/h5-14H,1-4H3,(H,28,29,30)/b16-10+. The smallest absolute Gasteiger partial charge is 0.249 e. The molecule has 0 fully saturated rings. The Kier molecular flexibility index (Phi) is 6.15. The molecule has 32 heavy (non-hydrogen) atoms. The summed E-state index contributed by atoms with van der Waals surface area (Å²) >= 11 is 3.54. The van der Waals surface area contributed by atoms with Gasteiger partial charge in [0.05, 0.1) is 13.4 Å². The van der Waals surface area contributed by atoms with Crippen molar-refractivity contribution in [2.75, 3.05) is 12.4 Å². The highest BCUT2D eigenvalue weighted by Crippen LogP contribution is 2.40. The molecule has 0 atom stereocenters. The van der Waals surface area contributed by atoms with Gasteiger partial charge in [0.15, 0.2) is 0 Å². The van der Waals surface area contributed by atoms with Crippen molar-refractivity contribution < 1.29 is 13.9 Å². The number of rotatable bonds is 5. The van der Waals surface area contributed by atoms with Crippen LogP contribution in [-0.2, 0) is 4.79 Å². The fourth-order valence-corrected chi connectivity index (χ4v) is 4.13. The summed E-state index contributed by atoms with van der Waals surface area (Å²) in [4.78, 5) is 16.8. The molecule has 1 amide bonds. The molecule has 5 nitrogen and oxygen atoms in total. The summed E-state index contributed by atoms with van der Waals surface area (Å²) in [6, 6.07) is 13.8. The Morgan fingerprint density at radius 1 is 1.19 bits per heavy atom. The topological polar surface area (TPSA) is 64.4 Å². The van der Waals surface area contributed by atoms with Crippen LogP contribution in [0.3, 0.4) is 0 Å². The molecule has 0 radical (unpaired) electrons. The summed E-state index contributed by atoms with van der Waals surface area (Å²) in [5, 5.41) is 3.77. The van der Waals surface area contributed by atoms with Gasteiger partial charge in [0.2, 0.25) is 5.91 Å². The highest BCUT2D eigenvalue weighted by Gasteiger charge is 2.19. The number of nitrogens with zero attached hydrogens (tertiary/aromatic N) is 1. The molecule has 0 saturated carbocycles. The monoisotopic (exact) mass is 490 g/mol. The van der Waals surface area contributed by atoms with Gasteiger partial charge in [0, 0.05) is 38.8 Å². The summed E-state index contributed by atoms with van der Waals surface area (Å²) in [5.74, 6) is 0.940. The first-order valence-corrected chi connectivity index (χ1v) is 10.9. The molecule has 0 aliphatic carbocycles. The second kappa shape index (κ2) is 9.01. The number of methoxy groups -OCH3 is 1. The van der Waals surface area contributed by atoms with Crippen LogP contribution >= 0.6 is 15.9 Å². The molecule has 0 spiro atoms. The van der Waals surface area contributed by atoms with Crippen LogP contribution in [0.15, 0.2) is 69.9 Å². The molecule has 0 aliphatic heterocycles. The number of carbonyl (C=O) groups is 1. The largest absolute Gasteiger partial charge is 0.496 e. The van der Waals surface area contributed by atoms with Gasteiger partial charge in [-0.15, -0.1) is 0 Å². The van der Waals surface area contributed by atoms with Crippen molar-refractivity contribution in [3.63, 3.8) is 0 Å². The first-order chi connectivity index (χ1) is 15.4. The van der Waals surface area contributed by atoms with Crippen LogP contribution in [0.1, 0.15) is 23.6 Å². The molecule has 2 aromatic carbocycles. The third-order valence-corrected chi connectivity index (χ3v) is 5.81. The van der Waals surface area contributed by atoms with Crippen LogP contribution in [0, 0.1) is 13.8 Å². The Morgan fingerprint density at radius 2 is 2.00 bits per heavy atom. The van der Waals surface area contributed by atoms with Gasteiger partial charge in [-0.1, -0.05) is 34.1 Å². The summed E-state index contributed by atoms with van der Waals surface area (Å²) in [6.07, 6.45) is 5.04. The maximum absolute atomic E-state index is 12.6. The van der Waals surface area contributed by atoms with Gasteiger partial charge >= 0.3 is 0 Å². The van der Waals surface area contributed by atoms with Gasteiger partial charge in [-0.3, -0.25) is 4.79 Å².